The highest BCUT2D eigenvalue weighted by molar-refractivity contribution is 4.77. The molecule has 0 aromatic rings. The van der Waals surface area contributed by atoms with E-state index >= 15 is 0 Å². The molecule has 1 fully saturated rings. The van der Waals surface area contributed by atoms with Gasteiger partial charge in [0.1, 0.15) is 0 Å². The van der Waals surface area contributed by atoms with Gasteiger partial charge in [0.05, 0.1) is 6.61 Å². The molecule has 0 aliphatic heterocycles. The lowest BCUT2D eigenvalue weighted by Crippen LogP contribution is -2.31. The first-order valence-corrected chi connectivity index (χ1v) is 4.91. The number of nitrogens with one attached hydrogen (secondary N) is 1. The molecule has 0 aromatic heterocycles. The van der Waals surface area contributed by atoms with Crippen LogP contribution >= 0.6 is 0 Å². The van der Waals surface area contributed by atoms with E-state index in [1.807, 2.05) is 0 Å². The van der Waals surface area contributed by atoms with Crippen molar-refractivity contribution in [2.75, 3.05) is 13.2 Å². The van der Waals surface area contributed by atoms with Gasteiger partial charge in [-0.15, -0.1) is 13.2 Å². The molecule has 1 aliphatic rings. The van der Waals surface area contributed by atoms with Crippen molar-refractivity contribution in [2.45, 2.75) is 38.6 Å². The average Bonchev–Trinajstić information content (AvgIpc) is 2.44. The summed E-state index contributed by atoms with van der Waals surface area (Å²) in [4.78, 5) is 0. The topological polar surface area (TPSA) is 21.3 Å². The minimum absolute atomic E-state index is 0.275. The molecule has 1 N–H and O–H groups in total. The number of alkyl halides is 3. The summed E-state index contributed by atoms with van der Waals surface area (Å²) in [7, 11) is 0. The van der Waals surface area contributed by atoms with E-state index in [0.717, 1.165) is 19.3 Å². The van der Waals surface area contributed by atoms with Gasteiger partial charge in [-0.05, 0) is 25.2 Å². The summed E-state index contributed by atoms with van der Waals surface area (Å²) in [6, 6.07) is 0.377. The summed E-state index contributed by atoms with van der Waals surface area (Å²) in [5.41, 5.74) is 0. The maximum absolute atomic E-state index is 11.6. The Morgan fingerprint density at radius 3 is 2.57 bits per heavy atom. The molecule has 1 rings (SSSR count). The molecule has 0 amide bonds. The molecule has 0 heterocycles. The largest absolute Gasteiger partial charge is 0.522 e. The molecule has 0 spiro atoms. The number of hydrogen-bond donors (Lipinski definition) is 1. The fourth-order valence-corrected chi connectivity index (χ4v) is 1.82. The third kappa shape index (κ3) is 4.81. The molecule has 84 valence electrons. The smallest absolute Gasteiger partial charge is 0.312 e. The van der Waals surface area contributed by atoms with Crippen molar-refractivity contribution in [3.05, 3.63) is 0 Å². The zero-order chi connectivity index (χ0) is 10.6. The van der Waals surface area contributed by atoms with E-state index in [1.165, 1.54) is 0 Å². The lowest BCUT2D eigenvalue weighted by atomic mass is 10.1. The van der Waals surface area contributed by atoms with Crippen molar-refractivity contribution in [1.82, 2.24) is 5.32 Å². The van der Waals surface area contributed by atoms with E-state index in [-0.39, 0.29) is 13.2 Å². The minimum atomic E-state index is -4.50. The number of ether oxygens (including phenoxy) is 1. The van der Waals surface area contributed by atoms with Crippen LogP contribution < -0.4 is 5.32 Å². The van der Waals surface area contributed by atoms with Gasteiger partial charge >= 0.3 is 6.36 Å². The Balaban J connectivity index is 1.99. The highest BCUT2D eigenvalue weighted by atomic mass is 19.4. The van der Waals surface area contributed by atoms with Gasteiger partial charge in [-0.2, -0.15) is 0 Å². The Kier molecular flexibility index (Phi) is 4.19. The van der Waals surface area contributed by atoms with Crippen LogP contribution in [0.5, 0.6) is 0 Å². The predicted molar refractivity (Wildman–Crippen MR) is 46.8 cm³/mol. The van der Waals surface area contributed by atoms with E-state index in [0.29, 0.717) is 12.0 Å². The summed E-state index contributed by atoms with van der Waals surface area (Å²) in [5.74, 6) is 0.691. The van der Waals surface area contributed by atoms with E-state index in [1.54, 1.807) is 0 Å². The van der Waals surface area contributed by atoms with Crippen LogP contribution in [0.1, 0.15) is 26.2 Å². The first-order chi connectivity index (χ1) is 6.47. The zero-order valence-electron chi connectivity index (χ0n) is 8.23. The number of halogens is 3. The highest BCUT2D eigenvalue weighted by Crippen LogP contribution is 2.24. The van der Waals surface area contributed by atoms with Crippen LogP contribution in [-0.4, -0.2) is 25.6 Å². The van der Waals surface area contributed by atoms with Crippen LogP contribution in [0.3, 0.4) is 0 Å². The second-order valence-corrected chi connectivity index (χ2v) is 3.86. The molecule has 0 saturated heterocycles. The summed E-state index contributed by atoms with van der Waals surface area (Å²) < 4.78 is 38.4. The fourth-order valence-electron chi connectivity index (χ4n) is 1.82. The van der Waals surface area contributed by atoms with Crippen molar-refractivity contribution in [3.63, 3.8) is 0 Å². The normalized spacial score (nSPS) is 28.3. The molecule has 1 saturated carbocycles. The molecule has 2 nitrogen and oxygen atoms in total. The highest BCUT2D eigenvalue weighted by Gasteiger charge is 2.28. The van der Waals surface area contributed by atoms with Crippen molar-refractivity contribution in [3.8, 4) is 0 Å². The van der Waals surface area contributed by atoms with Gasteiger partial charge in [0.2, 0.25) is 0 Å². The quantitative estimate of drug-likeness (QED) is 0.720. The minimum Gasteiger partial charge on any atom is -0.312 e. The van der Waals surface area contributed by atoms with Gasteiger partial charge < -0.3 is 5.32 Å². The molecule has 0 bridgehead atoms. The van der Waals surface area contributed by atoms with Gasteiger partial charge in [-0.25, -0.2) is 0 Å². The van der Waals surface area contributed by atoms with E-state index in [9.17, 15) is 13.2 Å². The van der Waals surface area contributed by atoms with Crippen LogP contribution in [0.15, 0.2) is 0 Å². The third-order valence-corrected chi connectivity index (χ3v) is 2.50. The first kappa shape index (κ1) is 11.8. The van der Waals surface area contributed by atoms with Crippen molar-refractivity contribution in [1.29, 1.82) is 0 Å². The van der Waals surface area contributed by atoms with E-state index in [4.69, 9.17) is 0 Å². The van der Waals surface area contributed by atoms with Crippen LogP contribution in [0.2, 0.25) is 0 Å². The Morgan fingerprint density at radius 1 is 1.36 bits per heavy atom. The summed E-state index contributed by atoms with van der Waals surface area (Å²) in [6.45, 7) is 2.14. The maximum atomic E-state index is 11.6. The van der Waals surface area contributed by atoms with Crippen molar-refractivity contribution >= 4 is 0 Å². The Hall–Kier alpha value is -0.290. The van der Waals surface area contributed by atoms with Crippen LogP contribution in [0.4, 0.5) is 13.2 Å². The van der Waals surface area contributed by atoms with Gasteiger partial charge in [0.15, 0.2) is 0 Å². The summed E-state index contributed by atoms with van der Waals surface area (Å²) >= 11 is 0. The van der Waals surface area contributed by atoms with Gasteiger partial charge in [0, 0.05) is 12.6 Å². The van der Waals surface area contributed by atoms with Crippen molar-refractivity contribution in [2.24, 2.45) is 5.92 Å². The predicted octanol–water partition coefficient (Wildman–Crippen LogP) is 2.30. The maximum Gasteiger partial charge on any atom is 0.522 e. The molecule has 0 radical (unpaired) electrons. The molecule has 0 aromatic carbocycles. The van der Waals surface area contributed by atoms with Crippen LogP contribution in [0.25, 0.3) is 0 Å². The first-order valence-electron chi connectivity index (χ1n) is 4.91. The fraction of sp³-hybridized carbons (Fsp3) is 1.00. The molecular formula is C9H16F3NO. The number of hydrogen-bond acceptors (Lipinski definition) is 2. The Labute approximate surface area is 81.8 Å². The number of rotatable bonds is 4. The molecule has 14 heavy (non-hydrogen) atoms. The molecule has 1 aliphatic carbocycles. The second kappa shape index (κ2) is 4.98. The zero-order valence-corrected chi connectivity index (χ0v) is 8.23. The van der Waals surface area contributed by atoms with Crippen molar-refractivity contribution < 1.29 is 17.9 Å². The molecule has 2 unspecified atom stereocenters. The van der Waals surface area contributed by atoms with E-state index < -0.39 is 6.36 Å². The summed E-state index contributed by atoms with van der Waals surface area (Å²) in [6.07, 6.45) is -1.21. The van der Waals surface area contributed by atoms with Gasteiger partial charge in [0.25, 0.3) is 0 Å². The molecule has 2 atom stereocenters. The Bertz CT molecular complexity index is 172. The van der Waals surface area contributed by atoms with Gasteiger partial charge in [-0.3, -0.25) is 4.74 Å². The summed E-state index contributed by atoms with van der Waals surface area (Å²) in [5, 5.41) is 3.06. The van der Waals surface area contributed by atoms with Crippen LogP contribution in [-0.2, 0) is 4.74 Å². The monoisotopic (exact) mass is 211 g/mol. The SMILES string of the molecule is CC1CCC(NCCOC(F)(F)F)C1. The van der Waals surface area contributed by atoms with Gasteiger partial charge in [-0.1, -0.05) is 6.92 Å². The average molecular weight is 211 g/mol. The second-order valence-electron chi connectivity index (χ2n) is 3.86. The molecule has 5 heteroatoms. The van der Waals surface area contributed by atoms with Crippen LogP contribution in [0, 0.1) is 5.92 Å². The lowest BCUT2D eigenvalue weighted by Gasteiger charge is -2.13. The third-order valence-electron chi connectivity index (χ3n) is 2.50. The standard InChI is InChI=1S/C9H16F3NO/c1-7-2-3-8(6-7)13-4-5-14-9(10,11)12/h7-8,13H,2-6H2,1H3. The van der Waals surface area contributed by atoms with E-state index in [2.05, 4.69) is 17.0 Å². The Morgan fingerprint density at radius 2 is 2.07 bits per heavy atom. The lowest BCUT2D eigenvalue weighted by molar-refractivity contribution is -0.323. The molecular weight excluding hydrogens is 195 g/mol.